The van der Waals surface area contributed by atoms with E-state index in [1.54, 1.807) is 0 Å². The van der Waals surface area contributed by atoms with Gasteiger partial charge in [0.15, 0.2) is 0 Å². The summed E-state index contributed by atoms with van der Waals surface area (Å²) in [5, 5.41) is 5.67. The van der Waals surface area contributed by atoms with Gasteiger partial charge in [-0.3, -0.25) is 29.7 Å². The highest BCUT2D eigenvalue weighted by Gasteiger charge is 2.29. The first-order chi connectivity index (χ1) is 43.9. The van der Waals surface area contributed by atoms with Crippen molar-refractivity contribution >= 4 is 30.0 Å². The van der Waals surface area contributed by atoms with Crippen molar-refractivity contribution in [2.24, 2.45) is 5.73 Å². The highest BCUT2D eigenvalue weighted by Crippen LogP contribution is 2.36. The van der Waals surface area contributed by atoms with Crippen molar-refractivity contribution in [2.45, 2.75) is 217 Å². The van der Waals surface area contributed by atoms with Gasteiger partial charge in [0.05, 0.1) is 52.3 Å². The molecule has 0 spiro atoms. The number of nitrogens with two attached hydrogens (primary N) is 1. The topological polar surface area (TPSA) is 238 Å². The fourth-order valence-corrected chi connectivity index (χ4v) is 12.0. The fourth-order valence-electron chi connectivity index (χ4n) is 12.0. The highest BCUT2D eigenvalue weighted by atomic mass is 16.6. The molecule has 6 aromatic heterocycles. The molecule has 2 amide bonds. The Hall–Kier alpha value is -7.53. The normalized spacial score (nSPS) is 15.3. The number of nitrogens with zero attached hydrogens (tertiary/aromatic N) is 15. The van der Waals surface area contributed by atoms with Gasteiger partial charge in [-0.25, -0.2) is 39.5 Å². The zero-order valence-corrected chi connectivity index (χ0v) is 57.9. The number of aromatic nitrogens is 9. The van der Waals surface area contributed by atoms with Gasteiger partial charge in [0, 0.05) is 129 Å². The third kappa shape index (κ3) is 25.2. The second-order valence-corrected chi connectivity index (χ2v) is 27.2. The quantitative estimate of drug-likeness (QED) is 0.0505. The lowest BCUT2D eigenvalue weighted by molar-refractivity contribution is 0.0515. The Bertz CT molecular complexity index is 3140. The predicted octanol–water partition coefficient (Wildman–Crippen LogP) is 12.7. The van der Waals surface area contributed by atoms with Crippen LogP contribution < -0.4 is 31.1 Å². The lowest BCUT2D eigenvalue weighted by atomic mass is 9.91. The maximum Gasteiger partial charge on any atom is 0.407 e. The van der Waals surface area contributed by atoms with Crippen molar-refractivity contribution in [3.8, 4) is 0 Å². The molecule has 3 unspecified atom stereocenters. The number of carbonyl (C=O) groups is 2. The zero-order chi connectivity index (χ0) is 66.5. The van der Waals surface area contributed by atoms with E-state index in [1.807, 2.05) is 154 Å². The molecule has 0 saturated carbocycles. The van der Waals surface area contributed by atoms with Crippen molar-refractivity contribution < 1.29 is 19.1 Å². The molecule has 0 fully saturated rings. The molecule has 3 aliphatic carbocycles. The average molecular weight is 1330 g/mol. The van der Waals surface area contributed by atoms with Gasteiger partial charge in [0.25, 0.3) is 0 Å². The van der Waals surface area contributed by atoms with Gasteiger partial charge >= 0.3 is 12.2 Å². The lowest BCUT2D eigenvalue weighted by Crippen LogP contribution is -2.33. The number of pyridine rings is 3. The second-order valence-electron chi connectivity index (χ2n) is 27.2. The summed E-state index contributed by atoms with van der Waals surface area (Å²) in [5.41, 5.74) is 19.0. The fraction of sp³-hybridized carbons (Fsp3) is 0.608. The minimum Gasteiger partial charge on any atom is -0.444 e. The van der Waals surface area contributed by atoms with Gasteiger partial charge in [0.1, 0.15) is 11.2 Å². The number of rotatable bonds is 23. The third-order valence-electron chi connectivity index (χ3n) is 16.5. The second kappa shape index (κ2) is 39.6. The first-order valence-electron chi connectivity index (χ1n) is 33.0. The number of amides is 2. The van der Waals surface area contributed by atoms with Crippen molar-refractivity contribution in [3.63, 3.8) is 0 Å². The lowest BCUT2D eigenvalue weighted by Gasteiger charge is -2.32. The predicted molar refractivity (Wildman–Crippen MR) is 393 cm³/mol. The summed E-state index contributed by atoms with van der Waals surface area (Å²) in [6, 6.07) is 13.6. The Morgan fingerprint density at radius 3 is 1.03 bits per heavy atom. The molecule has 22 heteroatoms. The minimum atomic E-state index is -0.498. The molecule has 3 atom stereocenters. The van der Waals surface area contributed by atoms with Crippen LogP contribution in [-0.4, -0.2) is 166 Å². The number of aryl methyl sites for hydroxylation is 6. The molecular formula is C74H122N18O4. The van der Waals surface area contributed by atoms with Gasteiger partial charge in [-0.2, -0.15) is 0 Å². The van der Waals surface area contributed by atoms with E-state index in [0.29, 0.717) is 49.7 Å². The van der Waals surface area contributed by atoms with Gasteiger partial charge in [0.2, 0.25) is 17.8 Å². The summed E-state index contributed by atoms with van der Waals surface area (Å²) in [6.45, 7) is 15.2. The van der Waals surface area contributed by atoms with Gasteiger partial charge in [-0.05, 0) is 200 Å². The molecule has 6 aromatic rings. The van der Waals surface area contributed by atoms with E-state index in [-0.39, 0.29) is 41.9 Å². The van der Waals surface area contributed by atoms with Crippen molar-refractivity contribution in [3.05, 3.63) is 141 Å². The summed E-state index contributed by atoms with van der Waals surface area (Å²) in [7, 11) is 18.2. The Labute approximate surface area is 577 Å². The van der Waals surface area contributed by atoms with Crippen molar-refractivity contribution in [2.75, 3.05) is 97.8 Å². The first-order valence-corrected chi connectivity index (χ1v) is 33.0. The number of nitrogens with one attached hydrogen (secondary N) is 2. The molecule has 0 aliphatic heterocycles. The number of anilines is 3. The molecule has 22 nitrogen and oxygen atoms in total. The summed E-state index contributed by atoms with van der Waals surface area (Å²) in [6.07, 6.45) is 25.9. The van der Waals surface area contributed by atoms with E-state index >= 15 is 0 Å². The number of alkyl carbamates (subject to hydrolysis) is 2. The van der Waals surface area contributed by atoms with Crippen LogP contribution in [-0.2, 0) is 67.6 Å². The largest absolute Gasteiger partial charge is 0.444 e. The van der Waals surface area contributed by atoms with E-state index in [0.717, 1.165) is 131 Å². The number of ether oxygens (including phenoxy) is 2. The molecule has 0 aromatic carbocycles. The molecular weight excluding hydrogens is 1200 g/mol. The van der Waals surface area contributed by atoms with E-state index < -0.39 is 11.2 Å². The van der Waals surface area contributed by atoms with E-state index in [2.05, 4.69) is 84.6 Å². The van der Waals surface area contributed by atoms with Crippen molar-refractivity contribution in [1.82, 2.24) is 70.2 Å². The number of carbonyl (C=O) groups excluding carboxylic acids is 2. The van der Waals surface area contributed by atoms with Crippen LogP contribution in [0.2, 0.25) is 0 Å². The number of fused-ring (bicyclic) bond motifs is 3. The summed E-state index contributed by atoms with van der Waals surface area (Å²) in [5.74, 6) is 2.15. The Balaban J connectivity index is 0.000000370. The van der Waals surface area contributed by atoms with Gasteiger partial charge < -0.3 is 40.5 Å². The summed E-state index contributed by atoms with van der Waals surface area (Å²) >= 11 is 0. The maximum absolute atomic E-state index is 11.9. The van der Waals surface area contributed by atoms with Crippen LogP contribution in [0.5, 0.6) is 0 Å². The standard InChI is InChI=1S/2C25H38N6O2.C20H30N6.4CH4/c2*1-25(2,3)33-24(32)27-15-9-12-20-19(16-28-23(29-20)30(4)5)17-31(6)21-13-7-10-18-11-8-14-26-22(18)21;1-25(2)20-23-13-16(17(24-20)9-5-11-21)14-26(3)18-10-4-7-15-8-6-12-22-19(15)18;;;;/h2*8,11,14,16,21H,7,9-10,12-13,15,17H2,1-6H3,(H,27,32);6,8,12-13,18H,4-5,7,9-11,14,21H2,1-3H3;4*1H4. The number of hydrogen-bond donors (Lipinski definition) is 3. The maximum atomic E-state index is 11.9. The van der Waals surface area contributed by atoms with Gasteiger partial charge in [-0.15, -0.1) is 0 Å². The van der Waals surface area contributed by atoms with Crippen LogP contribution in [0.15, 0.2) is 73.6 Å². The molecule has 0 radical (unpaired) electrons. The van der Waals surface area contributed by atoms with Crippen LogP contribution in [0.25, 0.3) is 0 Å². The molecule has 532 valence electrons. The van der Waals surface area contributed by atoms with Gasteiger partial charge in [-0.1, -0.05) is 47.9 Å². The minimum absolute atomic E-state index is 0. The summed E-state index contributed by atoms with van der Waals surface area (Å²) < 4.78 is 10.6. The molecule has 3 aliphatic rings. The van der Waals surface area contributed by atoms with Crippen LogP contribution in [0.4, 0.5) is 27.4 Å². The average Bonchev–Trinajstić information content (AvgIpc) is 0.829. The van der Waals surface area contributed by atoms with Crippen molar-refractivity contribution in [1.29, 1.82) is 0 Å². The molecule has 0 saturated heterocycles. The molecule has 0 bridgehead atoms. The third-order valence-corrected chi connectivity index (χ3v) is 16.5. The van der Waals surface area contributed by atoms with E-state index in [9.17, 15) is 9.59 Å². The molecule has 6 heterocycles. The van der Waals surface area contributed by atoms with Crippen LogP contribution in [0, 0.1) is 0 Å². The Morgan fingerprint density at radius 2 is 0.760 bits per heavy atom. The molecule has 9 rings (SSSR count). The zero-order valence-electron chi connectivity index (χ0n) is 57.9. The highest BCUT2D eigenvalue weighted by molar-refractivity contribution is 5.68. The van der Waals surface area contributed by atoms with E-state index in [1.165, 1.54) is 58.6 Å². The van der Waals surface area contributed by atoms with Crippen LogP contribution >= 0.6 is 0 Å². The molecule has 96 heavy (non-hydrogen) atoms. The van der Waals surface area contributed by atoms with Crippen LogP contribution in [0.3, 0.4) is 0 Å². The number of hydrogen-bond acceptors (Lipinski definition) is 20. The van der Waals surface area contributed by atoms with Crippen LogP contribution in [0.1, 0.15) is 215 Å². The Kier molecular flexibility index (Phi) is 34.1. The monoisotopic (exact) mass is 1330 g/mol. The summed E-state index contributed by atoms with van der Waals surface area (Å²) in [4.78, 5) is 78.9. The van der Waals surface area contributed by atoms with E-state index in [4.69, 9.17) is 40.1 Å². The smallest absolute Gasteiger partial charge is 0.407 e. The molecule has 4 N–H and O–H groups in total. The Morgan fingerprint density at radius 1 is 0.469 bits per heavy atom. The SMILES string of the molecule is C.C.C.C.CN(C)c1ncc(CN(C)C2CCCc3cccnc32)c(CCCN)n1.CN(C)c1ncc(CN(C)C2CCCc3cccnc32)c(CCCNC(=O)OC(C)(C)C)n1.CN(C)c1ncc(CN(C)C2CCCc3cccnc32)c(CCCNC(=O)OC(C)(C)C)n1. The first kappa shape index (κ1) is 82.7.